The van der Waals surface area contributed by atoms with E-state index >= 15 is 0 Å². The van der Waals surface area contributed by atoms with E-state index in [1.165, 1.54) is 50.1 Å². The number of β-lactam (4-membered cyclic amide) rings is 1. The van der Waals surface area contributed by atoms with Crippen molar-refractivity contribution in [3.63, 3.8) is 0 Å². The molecule has 0 aliphatic carbocycles. The average Bonchev–Trinajstić information content (AvgIpc) is 2.92. The van der Waals surface area contributed by atoms with Gasteiger partial charge in [0.1, 0.15) is 17.5 Å². The first-order chi connectivity index (χ1) is 13.2. The van der Waals surface area contributed by atoms with Gasteiger partial charge in [0.15, 0.2) is 11.5 Å². The molecular formula is C18H22N2O7S. The Morgan fingerprint density at radius 1 is 1.14 bits per heavy atom. The minimum atomic E-state index is -1.05. The van der Waals surface area contributed by atoms with E-state index in [0.29, 0.717) is 17.2 Å². The van der Waals surface area contributed by atoms with Gasteiger partial charge in [-0.15, -0.1) is 11.8 Å². The normalized spacial score (nSPS) is 24.8. The smallest absolute Gasteiger partial charge is 0.327 e. The van der Waals surface area contributed by atoms with Crippen molar-refractivity contribution in [2.45, 2.75) is 36.1 Å². The van der Waals surface area contributed by atoms with E-state index in [2.05, 4.69) is 5.32 Å². The van der Waals surface area contributed by atoms with Gasteiger partial charge < -0.3 is 29.5 Å². The summed E-state index contributed by atoms with van der Waals surface area (Å²) in [4.78, 5) is 38.2. The largest absolute Gasteiger partial charge is 0.493 e. The van der Waals surface area contributed by atoms with E-state index in [1.807, 2.05) is 0 Å². The summed E-state index contributed by atoms with van der Waals surface area (Å²) < 4.78 is 15.1. The number of fused-ring (bicyclic) bond motifs is 1. The second-order valence-electron chi connectivity index (χ2n) is 6.96. The third-order valence-corrected chi connectivity index (χ3v) is 6.46. The Morgan fingerprint density at radius 2 is 1.71 bits per heavy atom. The van der Waals surface area contributed by atoms with Crippen molar-refractivity contribution in [2.75, 3.05) is 21.3 Å². The van der Waals surface area contributed by atoms with Crippen molar-refractivity contribution < 1.29 is 33.7 Å². The van der Waals surface area contributed by atoms with Gasteiger partial charge in [-0.25, -0.2) is 4.79 Å². The molecule has 152 valence electrons. The van der Waals surface area contributed by atoms with Gasteiger partial charge >= 0.3 is 5.97 Å². The Kier molecular flexibility index (Phi) is 5.09. The molecule has 1 aromatic rings. The van der Waals surface area contributed by atoms with Crippen LogP contribution in [-0.4, -0.2) is 71.3 Å². The SMILES string of the molecule is COc1cc(C(=O)NC2C(=O)N3C2SC(C)(C)C3C(=O)O)cc(OC)c1OC. The molecule has 3 unspecified atom stereocenters. The van der Waals surface area contributed by atoms with Gasteiger partial charge in [0.25, 0.3) is 5.91 Å². The maximum atomic E-state index is 12.7. The maximum Gasteiger partial charge on any atom is 0.327 e. The summed E-state index contributed by atoms with van der Waals surface area (Å²) in [5.74, 6) is -0.968. The average molecular weight is 410 g/mol. The number of carboxylic acid groups (broad SMARTS) is 1. The number of ether oxygens (including phenoxy) is 3. The van der Waals surface area contributed by atoms with Crippen molar-refractivity contribution in [3.05, 3.63) is 17.7 Å². The number of carbonyl (C=O) groups is 3. The highest BCUT2D eigenvalue weighted by Gasteiger charge is 2.64. The summed E-state index contributed by atoms with van der Waals surface area (Å²) in [6.07, 6.45) is 0. The Labute approximate surface area is 166 Å². The number of rotatable bonds is 6. The van der Waals surface area contributed by atoms with E-state index in [9.17, 15) is 19.5 Å². The van der Waals surface area contributed by atoms with Crippen LogP contribution in [0.2, 0.25) is 0 Å². The standard InChI is InChI=1S/C18H22N2O7S/c1-18(2)13(17(23)24)20-15(22)11(16(20)28-18)19-14(21)8-6-9(25-3)12(27-5)10(7-8)26-4/h6-7,11,13,16H,1-5H3,(H,19,21)(H,23,24). The first-order valence-corrected chi connectivity index (χ1v) is 9.38. The van der Waals surface area contributed by atoms with Crippen molar-refractivity contribution in [3.8, 4) is 17.2 Å². The molecule has 10 heteroatoms. The first-order valence-electron chi connectivity index (χ1n) is 8.50. The number of thioether (sulfide) groups is 1. The van der Waals surface area contributed by atoms with Crippen LogP contribution in [0.1, 0.15) is 24.2 Å². The molecule has 3 rings (SSSR count). The van der Waals surface area contributed by atoms with Crippen molar-refractivity contribution in [2.24, 2.45) is 0 Å². The molecule has 0 aromatic heterocycles. The highest BCUT2D eigenvalue weighted by molar-refractivity contribution is 8.01. The molecule has 1 aromatic carbocycles. The molecule has 2 aliphatic rings. The summed E-state index contributed by atoms with van der Waals surface area (Å²) in [5.41, 5.74) is 0.234. The molecule has 0 saturated carbocycles. The van der Waals surface area contributed by atoms with Gasteiger partial charge in [0.05, 0.1) is 21.3 Å². The second-order valence-corrected chi connectivity index (χ2v) is 8.73. The summed E-state index contributed by atoms with van der Waals surface area (Å²) in [6.45, 7) is 3.56. The van der Waals surface area contributed by atoms with Gasteiger partial charge in [-0.05, 0) is 26.0 Å². The van der Waals surface area contributed by atoms with Crippen LogP contribution in [0.3, 0.4) is 0 Å². The predicted molar refractivity (Wildman–Crippen MR) is 101 cm³/mol. The van der Waals surface area contributed by atoms with E-state index in [0.717, 1.165) is 0 Å². The van der Waals surface area contributed by atoms with Crippen LogP contribution in [0.15, 0.2) is 12.1 Å². The lowest BCUT2D eigenvalue weighted by Gasteiger charge is -2.43. The zero-order chi connectivity index (χ0) is 20.8. The first kappa shape index (κ1) is 20.1. The van der Waals surface area contributed by atoms with Gasteiger partial charge in [-0.1, -0.05) is 0 Å². The fourth-order valence-corrected chi connectivity index (χ4v) is 5.21. The number of carboxylic acids is 1. The number of hydrogen-bond donors (Lipinski definition) is 2. The van der Waals surface area contributed by atoms with Crippen LogP contribution in [-0.2, 0) is 9.59 Å². The molecule has 28 heavy (non-hydrogen) atoms. The lowest BCUT2D eigenvalue weighted by molar-refractivity contribution is -0.159. The van der Waals surface area contributed by atoms with Crippen LogP contribution in [0.4, 0.5) is 0 Å². The number of hydrogen-bond acceptors (Lipinski definition) is 7. The van der Waals surface area contributed by atoms with E-state index < -0.39 is 40.0 Å². The van der Waals surface area contributed by atoms with Gasteiger partial charge in [0.2, 0.25) is 11.7 Å². The molecule has 0 spiro atoms. The molecule has 2 saturated heterocycles. The Bertz CT molecular complexity index is 816. The number of aliphatic carboxylic acids is 1. The number of amides is 2. The highest BCUT2D eigenvalue weighted by Crippen LogP contribution is 2.50. The van der Waals surface area contributed by atoms with Crippen molar-refractivity contribution in [1.82, 2.24) is 10.2 Å². The molecule has 0 bridgehead atoms. The summed E-state index contributed by atoms with van der Waals surface area (Å²) in [7, 11) is 4.34. The Hall–Kier alpha value is -2.62. The van der Waals surface area contributed by atoms with Crippen LogP contribution >= 0.6 is 11.8 Å². The minimum absolute atomic E-state index is 0.234. The number of nitrogens with zero attached hydrogens (tertiary/aromatic N) is 1. The summed E-state index contributed by atoms with van der Waals surface area (Å²) >= 11 is 1.36. The van der Waals surface area contributed by atoms with Gasteiger partial charge in [0, 0.05) is 10.3 Å². The number of benzene rings is 1. The number of carbonyl (C=O) groups excluding carboxylic acids is 2. The minimum Gasteiger partial charge on any atom is -0.493 e. The second kappa shape index (κ2) is 7.08. The third kappa shape index (κ3) is 3.01. The lowest BCUT2D eigenvalue weighted by atomic mass is 9.96. The molecular weight excluding hydrogens is 388 g/mol. The zero-order valence-corrected chi connectivity index (χ0v) is 17.0. The molecule has 2 N–H and O–H groups in total. The fraction of sp³-hybridized carbons (Fsp3) is 0.500. The van der Waals surface area contributed by atoms with Crippen LogP contribution < -0.4 is 19.5 Å². The highest BCUT2D eigenvalue weighted by atomic mass is 32.2. The molecule has 3 atom stereocenters. The van der Waals surface area contributed by atoms with E-state index in [4.69, 9.17) is 14.2 Å². The molecule has 2 heterocycles. The Balaban J connectivity index is 1.82. The molecule has 2 fully saturated rings. The summed E-state index contributed by atoms with van der Waals surface area (Å²) in [6, 6.07) is 1.26. The molecule has 9 nitrogen and oxygen atoms in total. The topological polar surface area (TPSA) is 114 Å². The zero-order valence-electron chi connectivity index (χ0n) is 16.1. The summed E-state index contributed by atoms with van der Waals surface area (Å²) in [5, 5.41) is 11.7. The molecule has 0 radical (unpaired) electrons. The third-order valence-electron chi connectivity index (χ3n) is 4.89. The quantitative estimate of drug-likeness (QED) is 0.667. The maximum absolute atomic E-state index is 12.7. The van der Waals surface area contributed by atoms with Crippen molar-refractivity contribution >= 4 is 29.5 Å². The van der Waals surface area contributed by atoms with Gasteiger partial charge in [-0.2, -0.15) is 0 Å². The number of nitrogens with one attached hydrogen (secondary N) is 1. The molecule has 2 amide bonds. The van der Waals surface area contributed by atoms with Crippen LogP contribution in [0, 0.1) is 0 Å². The molecule has 2 aliphatic heterocycles. The van der Waals surface area contributed by atoms with Crippen LogP contribution in [0.25, 0.3) is 0 Å². The van der Waals surface area contributed by atoms with Crippen molar-refractivity contribution in [1.29, 1.82) is 0 Å². The number of methoxy groups -OCH3 is 3. The van der Waals surface area contributed by atoms with Crippen LogP contribution in [0.5, 0.6) is 17.2 Å². The predicted octanol–water partition coefficient (Wildman–Crippen LogP) is 0.958. The van der Waals surface area contributed by atoms with E-state index in [1.54, 1.807) is 13.8 Å². The fourth-order valence-electron chi connectivity index (χ4n) is 3.58. The Morgan fingerprint density at radius 3 is 2.18 bits per heavy atom. The lowest BCUT2D eigenvalue weighted by Crippen LogP contribution is -2.70. The van der Waals surface area contributed by atoms with E-state index in [-0.39, 0.29) is 5.56 Å². The monoisotopic (exact) mass is 410 g/mol. The van der Waals surface area contributed by atoms with Gasteiger partial charge in [-0.3, -0.25) is 9.59 Å².